The summed E-state index contributed by atoms with van der Waals surface area (Å²) in [6.07, 6.45) is 0. The van der Waals surface area contributed by atoms with Gasteiger partial charge in [0.15, 0.2) is 0 Å². The second-order valence-corrected chi connectivity index (χ2v) is 5.39. The van der Waals surface area contributed by atoms with E-state index in [0.29, 0.717) is 0 Å². The first-order valence-corrected chi connectivity index (χ1v) is 5.95. The van der Waals surface area contributed by atoms with Gasteiger partial charge in [0.25, 0.3) is 0 Å². The topological polar surface area (TPSA) is 3.24 Å². The molecule has 15 heavy (non-hydrogen) atoms. The van der Waals surface area contributed by atoms with Gasteiger partial charge in [0.1, 0.15) is 0 Å². The van der Waals surface area contributed by atoms with Crippen LogP contribution in [0.15, 0.2) is 24.3 Å². The van der Waals surface area contributed by atoms with E-state index >= 15 is 0 Å². The van der Waals surface area contributed by atoms with E-state index in [-0.39, 0.29) is 5.41 Å². The van der Waals surface area contributed by atoms with Gasteiger partial charge in [0.05, 0.1) is 0 Å². The minimum Gasteiger partial charge on any atom is -0.293 e. The number of nitrogens with zero attached hydrogens (tertiary/aromatic N) is 1. The predicted molar refractivity (Wildman–Crippen MR) is 70.5 cm³/mol. The summed E-state index contributed by atoms with van der Waals surface area (Å²) in [4.78, 5) is 2.18. The van der Waals surface area contributed by atoms with Crippen LogP contribution in [0.4, 0.5) is 0 Å². The zero-order chi connectivity index (χ0) is 11.5. The SMILES string of the molecule is CN(CS)Cc1ccc(C(C)(C)C)cc1. The Kier molecular flexibility index (Phi) is 4.23. The third-order valence-corrected chi connectivity index (χ3v) is 3.00. The normalized spacial score (nSPS) is 12.1. The Balaban J connectivity index is 2.73. The van der Waals surface area contributed by atoms with Crippen LogP contribution in [0.2, 0.25) is 0 Å². The molecule has 0 unspecified atom stereocenters. The van der Waals surface area contributed by atoms with Crippen molar-refractivity contribution in [1.29, 1.82) is 0 Å². The smallest absolute Gasteiger partial charge is 0.0414 e. The lowest BCUT2D eigenvalue weighted by atomic mass is 9.87. The highest BCUT2D eigenvalue weighted by molar-refractivity contribution is 7.80. The van der Waals surface area contributed by atoms with Gasteiger partial charge in [-0.1, -0.05) is 45.0 Å². The van der Waals surface area contributed by atoms with Crippen LogP contribution in [0, 0.1) is 0 Å². The van der Waals surface area contributed by atoms with Crippen LogP contribution >= 0.6 is 12.6 Å². The summed E-state index contributed by atoms with van der Waals surface area (Å²) in [5.74, 6) is 0.793. The largest absolute Gasteiger partial charge is 0.293 e. The maximum Gasteiger partial charge on any atom is 0.0414 e. The van der Waals surface area contributed by atoms with Crippen LogP contribution in [0.5, 0.6) is 0 Å². The van der Waals surface area contributed by atoms with E-state index in [4.69, 9.17) is 0 Å². The van der Waals surface area contributed by atoms with Crippen molar-refractivity contribution in [3.8, 4) is 0 Å². The van der Waals surface area contributed by atoms with Crippen LogP contribution < -0.4 is 0 Å². The van der Waals surface area contributed by atoms with E-state index in [2.05, 4.69) is 69.6 Å². The Hall–Kier alpha value is -0.470. The van der Waals surface area contributed by atoms with Crippen molar-refractivity contribution in [2.45, 2.75) is 32.7 Å². The molecule has 1 nitrogen and oxygen atoms in total. The van der Waals surface area contributed by atoms with Crippen molar-refractivity contribution in [2.75, 3.05) is 12.9 Å². The molecule has 1 rings (SSSR count). The van der Waals surface area contributed by atoms with Gasteiger partial charge in [0, 0.05) is 12.4 Å². The average molecular weight is 223 g/mol. The fraction of sp³-hybridized carbons (Fsp3) is 0.538. The van der Waals surface area contributed by atoms with E-state index in [1.54, 1.807) is 0 Å². The van der Waals surface area contributed by atoms with Gasteiger partial charge in [-0.2, -0.15) is 12.6 Å². The van der Waals surface area contributed by atoms with Gasteiger partial charge in [-0.05, 0) is 23.6 Å². The van der Waals surface area contributed by atoms with Crippen LogP contribution in [-0.4, -0.2) is 17.8 Å². The highest BCUT2D eigenvalue weighted by Gasteiger charge is 2.12. The molecule has 1 aromatic rings. The number of hydrogen-bond acceptors (Lipinski definition) is 2. The summed E-state index contributed by atoms with van der Waals surface area (Å²) in [5.41, 5.74) is 2.98. The lowest BCUT2D eigenvalue weighted by Crippen LogP contribution is -2.16. The third kappa shape index (κ3) is 3.88. The molecular weight excluding hydrogens is 202 g/mol. The van der Waals surface area contributed by atoms with Gasteiger partial charge in [0.2, 0.25) is 0 Å². The summed E-state index contributed by atoms with van der Waals surface area (Å²) >= 11 is 4.24. The lowest BCUT2D eigenvalue weighted by Gasteiger charge is -2.20. The van der Waals surface area contributed by atoms with Crippen molar-refractivity contribution >= 4 is 12.6 Å². The predicted octanol–water partition coefficient (Wildman–Crippen LogP) is 3.30. The number of rotatable bonds is 3. The van der Waals surface area contributed by atoms with Crippen molar-refractivity contribution in [1.82, 2.24) is 4.90 Å². The van der Waals surface area contributed by atoms with E-state index in [1.807, 2.05) is 0 Å². The average Bonchev–Trinajstić information content (AvgIpc) is 2.17. The van der Waals surface area contributed by atoms with E-state index in [9.17, 15) is 0 Å². The van der Waals surface area contributed by atoms with E-state index in [0.717, 1.165) is 12.4 Å². The van der Waals surface area contributed by atoms with Gasteiger partial charge >= 0.3 is 0 Å². The van der Waals surface area contributed by atoms with Crippen molar-refractivity contribution in [3.05, 3.63) is 35.4 Å². The molecule has 0 aliphatic carbocycles. The van der Waals surface area contributed by atoms with Crippen LogP contribution in [0.3, 0.4) is 0 Å². The Bertz CT molecular complexity index is 297. The molecule has 0 heterocycles. The quantitative estimate of drug-likeness (QED) is 0.608. The maximum absolute atomic E-state index is 4.24. The van der Waals surface area contributed by atoms with Crippen molar-refractivity contribution < 1.29 is 0 Å². The molecule has 0 radical (unpaired) electrons. The second-order valence-electron chi connectivity index (χ2n) is 5.10. The number of hydrogen-bond donors (Lipinski definition) is 1. The number of thiol groups is 1. The van der Waals surface area contributed by atoms with E-state index < -0.39 is 0 Å². The molecule has 0 bridgehead atoms. The Morgan fingerprint density at radius 2 is 1.67 bits per heavy atom. The molecule has 0 aliphatic rings. The zero-order valence-corrected chi connectivity index (χ0v) is 11.0. The molecule has 0 amide bonds. The van der Waals surface area contributed by atoms with Crippen molar-refractivity contribution in [2.24, 2.45) is 0 Å². The third-order valence-electron chi connectivity index (χ3n) is 2.51. The minimum atomic E-state index is 0.244. The van der Waals surface area contributed by atoms with Crippen LogP contribution in [0.25, 0.3) is 0 Å². The summed E-state index contributed by atoms with van der Waals surface area (Å²) in [6, 6.07) is 8.87. The zero-order valence-electron chi connectivity index (χ0n) is 10.1. The molecule has 0 spiro atoms. The summed E-state index contributed by atoms with van der Waals surface area (Å²) in [6.45, 7) is 7.68. The highest BCUT2D eigenvalue weighted by atomic mass is 32.1. The molecule has 84 valence electrons. The summed E-state index contributed by atoms with van der Waals surface area (Å²) in [7, 11) is 2.07. The Morgan fingerprint density at radius 1 is 1.13 bits per heavy atom. The van der Waals surface area contributed by atoms with E-state index in [1.165, 1.54) is 11.1 Å². The molecule has 2 heteroatoms. The first-order chi connectivity index (χ1) is 6.93. The maximum atomic E-state index is 4.24. The molecule has 0 saturated heterocycles. The molecule has 0 aromatic heterocycles. The molecule has 0 aliphatic heterocycles. The fourth-order valence-electron chi connectivity index (χ4n) is 1.47. The molecule has 0 saturated carbocycles. The van der Waals surface area contributed by atoms with Gasteiger partial charge in [-0.3, -0.25) is 4.90 Å². The second kappa shape index (κ2) is 5.04. The lowest BCUT2D eigenvalue weighted by molar-refractivity contribution is 0.387. The van der Waals surface area contributed by atoms with Crippen LogP contribution in [0.1, 0.15) is 31.9 Å². The van der Waals surface area contributed by atoms with Crippen molar-refractivity contribution in [3.63, 3.8) is 0 Å². The first kappa shape index (κ1) is 12.6. The Labute approximate surface area is 98.9 Å². The van der Waals surface area contributed by atoms with Gasteiger partial charge in [-0.25, -0.2) is 0 Å². The van der Waals surface area contributed by atoms with Crippen LogP contribution in [-0.2, 0) is 12.0 Å². The molecular formula is C13H21NS. The summed E-state index contributed by atoms with van der Waals surface area (Å²) < 4.78 is 0. The standard InChI is InChI=1S/C13H21NS/c1-13(2,3)12-7-5-11(6-8-12)9-14(4)10-15/h5-8,15H,9-10H2,1-4H3. The monoisotopic (exact) mass is 223 g/mol. The highest BCUT2D eigenvalue weighted by Crippen LogP contribution is 2.22. The number of benzene rings is 1. The Morgan fingerprint density at radius 3 is 2.07 bits per heavy atom. The molecule has 0 atom stereocenters. The molecule has 0 fully saturated rings. The first-order valence-electron chi connectivity index (χ1n) is 5.32. The molecule has 1 aromatic carbocycles. The fourth-order valence-corrected chi connectivity index (χ4v) is 1.57. The molecule has 0 N–H and O–H groups in total. The van der Waals surface area contributed by atoms with Gasteiger partial charge < -0.3 is 0 Å². The van der Waals surface area contributed by atoms with Gasteiger partial charge in [-0.15, -0.1) is 0 Å². The minimum absolute atomic E-state index is 0.244. The summed E-state index contributed by atoms with van der Waals surface area (Å²) in [5, 5.41) is 0.